The van der Waals surface area contributed by atoms with Gasteiger partial charge in [-0.3, -0.25) is 15.0 Å². The molecule has 0 amide bonds. The molecule has 1 heterocycles. The molecule has 5 nitrogen and oxygen atoms in total. The van der Waals surface area contributed by atoms with Gasteiger partial charge in [-0.25, -0.2) is 0 Å². The van der Waals surface area contributed by atoms with Crippen LogP contribution in [-0.4, -0.2) is 16.9 Å². The van der Waals surface area contributed by atoms with E-state index in [4.69, 9.17) is 16.7 Å². The van der Waals surface area contributed by atoms with Crippen molar-refractivity contribution in [3.05, 3.63) is 34.7 Å². The summed E-state index contributed by atoms with van der Waals surface area (Å²) in [5, 5.41) is 8.86. The van der Waals surface area contributed by atoms with Crippen LogP contribution in [0.4, 0.5) is 0 Å². The number of fused-ring (bicyclic) bond motifs is 1. The first kappa shape index (κ1) is 10.8. The largest absolute Gasteiger partial charge is 0.481 e. The second-order valence-corrected chi connectivity index (χ2v) is 3.86. The molecule has 0 bridgehead atoms. The molecule has 1 aliphatic heterocycles. The first-order chi connectivity index (χ1) is 7.59. The van der Waals surface area contributed by atoms with Gasteiger partial charge in [0.2, 0.25) is 0 Å². The molecule has 0 radical (unpaired) electrons. The average Bonchev–Trinajstić information content (AvgIpc) is 2.22. The number of aliphatic carboxylic acids is 1. The van der Waals surface area contributed by atoms with E-state index in [9.17, 15) is 9.59 Å². The lowest BCUT2D eigenvalue weighted by molar-refractivity contribution is -0.139. The molecule has 1 unspecified atom stereocenters. The smallest absolute Gasteiger partial charge is 0.304 e. The average molecular weight is 241 g/mol. The van der Waals surface area contributed by atoms with Crippen LogP contribution in [0.2, 0.25) is 0 Å². The number of hydrazine groups is 1. The predicted molar refractivity (Wildman–Crippen MR) is 57.1 cm³/mol. The van der Waals surface area contributed by atoms with E-state index in [1.54, 1.807) is 18.4 Å². The van der Waals surface area contributed by atoms with Crippen molar-refractivity contribution < 1.29 is 14.7 Å². The van der Waals surface area contributed by atoms with Crippen LogP contribution in [0.1, 0.15) is 6.42 Å². The molecule has 2 rings (SSSR count). The topological polar surface area (TPSA) is 78.4 Å². The molecule has 0 aromatic carbocycles. The van der Waals surface area contributed by atoms with Gasteiger partial charge in [-0.15, -0.1) is 0 Å². The van der Waals surface area contributed by atoms with E-state index >= 15 is 0 Å². The van der Waals surface area contributed by atoms with E-state index in [2.05, 4.69) is 10.9 Å². The minimum Gasteiger partial charge on any atom is -0.481 e. The molecule has 0 aromatic rings. The molecule has 0 aromatic heterocycles. The summed E-state index contributed by atoms with van der Waals surface area (Å²) in [6.07, 6.45) is 4.67. The number of allylic oxidation sites excluding steroid dienone is 4. The highest BCUT2D eigenvalue weighted by atomic mass is 35.5. The lowest BCUT2D eigenvalue weighted by Gasteiger charge is -2.23. The van der Waals surface area contributed by atoms with Crippen molar-refractivity contribution >= 4 is 23.4 Å². The highest BCUT2D eigenvalue weighted by molar-refractivity contribution is 6.32. The van der Waals surface area contributed by atoms with Gasteiger partial charge in [-0.1, -0.05) is 23.8 Å². The maximum atomic E-state index is 11.9. The summed E-state index contributed by atoms with van der Waals surface area (Å²) in [5.74, 6) is -1.91. The van der Waals surface area contributed by atoms with Crippen LogP contribution < -0.4 is 10.9 Å². The molecular formula is C10H9ClN2O3. The third kappa shape index (κ3) is 1.81. The van der Waals surface area contributed by atoms with Crippen molar-refractivity contribution in [2.24, 2.45) is 5.92 Å². The Kier molecular flexibility index (Phi) is 2.70. The number of rotatable bonds is 2. The third-order valence-corrected chi connectivity index (χ3v) is 2.69. The van der Waals surface area contributed by atoms with E-state index in [0.717, 1.165) is 0 Å². The molecule has 0 saturated heterocycles. The van der Waals surface area contributed by atoms with Gasteiger partial charge in [0.05, 0.1) is 17.9 Å². The highest BCUT2D eigenvalue weighted by Crippen LogP contribution is 2.29. The zero-order chi connectivity index (χ0) is 11.7. The van der Waals surface area contributed by atoms with E-state index in [0.29, 0.717) is 11.1 Å². The summed E-state index contributed by atoms with van der Waals surface area (Å²) in [6.45, 7) is 0. The van der Waals surface area contributed by atoms with Crippen LogP contribution in [0.15, 0.2) is 34.7 Å². The Balaban J connectivity index is 2.35. The van der Waals surface area contributed by atoms with Crippen molar-refractivity contribution in [2.75, 3.05) is 0 Å². The van der Waals surface area contributed by atoms with Gasteiger partial charge in [0, 0.05) is 11.8 Å². The normalized spacial score (nSPS) is 23.2. The number of ketones is 1. The predicted octanol–water partition coefficient (Wildman–Crippen LogP) is 0.658. The van der Waals surface area contributed by atoms with Gasteiger partial charge in [-0.05, 0) is 0 Å². The number of hydrogen-bond donors (Lipinski definition) is 3. The first-order valence-electron chi connectivity index (χ1n) is 4.65. The fourth-order valence-corrected chi connectivity index (χ4v) is 1.92. The molecule has 0 spiro atoms. The molecule has 0 saturated carbocycles. The number of Topliss-reactive ketones (excluding diaryl/α,β-unsaturated/α-hetero) is 1. The second-order valence-electron chi connectivity index (χ2n) is 3.49. The van der Waals surface area contributed by atoms with Crippen LogP contribution in [0.25, 0.3) is 0 Å². The Morgan fingerprint density at radius 3 is 3.00 bits per heavy atom. The van der Waals surface area contributed by atoms with E-state index in [1.807, 2.05) is 0 Å². The zero-order valence-corrected chi connectivity index (χ0v) is 8.91. The number of hydrogen-bond acceptors (Lipinski definition) is 4. The molecule has 6 heteroatoms. The fraction of sp³-hybridized carbons (Fsp3) is 0.200. The molecule has 1 atom stereocenters. The molecule has 16 heavy (non-hydrogen) atoms. The second kappa shape index (κ2) is 4.02. The number of nitrogens with one attached hydrogen (secondary N) is 2. The van der Waals surface area contributed by atoms with E-state index in [-0.39, 0.29) is 17.4 Å². The lowest BCUT2D eigenvalue weighted by atomic mass is 9.85. The van der Waals surface area contributed by atoms with Crippen LogP contribution in [0.5, 0.6) is 0 Å². The minimum atomic E-state index is -1.01. The summed E-state index contributed by atoms with van der Waals surface area (Å²) in [4.78, 5) is 22.5. The fourth-order valence-electron chi connectivity index (χ4n) is 1.66. The molecule has 84 valence electrons. The molecule has 3 N–H and O–H groups in total. The van der Waals surface area contributed by atoms with Crippen molar-refractivity contribution in [1.82, 2.24) is 10.9 Å². The monoisotopic (exact) mass is 240 g/mol. The Labute approximate surface area is 96.4 Å². The van der Waals surface area contributed by atoms with Crippen LogP contribution >= 0.6 is 11.6 Å². The number of carboxylic acid groups (broad SMARTS) is 1. The van der Waals surface area contributed by atoms with Crippen molar-refractivity contribution in [3.63, 3.8) is 0 Å². The van der Waals surface area contributed by atoms with E-state index in [1.165, 1.54) is 0 Å². The number of carboxylic acids is 1. The van der Waals surface area contributed by atoms with E-state index < -0.39 is 11.9 Å². The van der Waals surface area contributed by atoms with Crippen LogP contribution in [-0.2, 0) is 9.59 Å². The Bertz CT molecular complexity index is 451. The summed E-state index contributed by atoms with van der Waals surface area (Å²) < 4.78 is 0. The van der Waals surface area contributed by atoms with Gasteiger partial charge in [-0.2, -0.15) is 0 Å². The van der Waals surface area contributed by atoms with Gasteiger partial charge < -0.3 is 10.5 Å². The summed E-state index contributed by atoms with van der Waals surface area (Å²) in [6, 6.07) is 0. The minimum absolute atomic E-state index is 0.197. The maximum absolute atomic E-state index is 11.9. The van der Waals surface area contributed by atoms with Crippen molar-refractivity contribution in [1.29, 1.82) is 0 Å². The SMILES string of the molecule is O=C(O)CC1C=CC2=CNNC(Cl)=C2C1=O. The standard InChI is InChI=1S/C10H9ClN2O3/c11-10-8-6(4-12-13-10)2-1-5(9(8)16)3-7(14)15/h1-2,4-5,12-13H,3H2,(H,14,15). The molecule has 2 aliphatic rings. The van der Waals surface area contributed by atoms with Crippen LogP contribution in [0.3, 0.4) is 0 Å². The summed E-state index contributed by atoms with van der Waals surface area (Å²) in [5.41, 5.74) is 6.29. The Morgan fingerprint density at radius 2 is 2.31 bits per heavy atom. The van der Waals surface area contributed by atoms with Crippen molar-refractivity contribution in [2.45, 2.75) is 6.42 Å². The molecule has 1 aliphatic carbocycles. The Morgan fingerprint density at radius 1 is 1.56 bits per heavy atom. The molecular weight excluding hydrogens is 232 g/mol. The first-order valence-corrected chi connectivity index (χ1v) is 5.03. The molecule has 0 fully saturated rings. The maximum Gasteiger partial charge on any atom is 0.304 e. The third-order valence-electron chi connectivity index (χ3n) is 2.40. The Hall–Kier alpha value is -1.75. The van der Waals surface area contributed by atoms with Crippen molar-refractivity contribution in [3.8, 4) is 0 Å². The number of carbonyl (C=O) groups is 2. The van der Waals surface area contributed by atoms with Gasteiger partial charge >= 0.3 is 5.97 Å². The van der Waals surface area contributed by atoms with Gasteiger partial charge in [0.25, 0.3) is 0 Å². The van der Waals surface area contributed by atoms with Crippen LogP contribution in [0, 0.1) is 5.92 Å². The lowest BCUT2D eigenvalue weighted by Crippen LogP contribution is -2.34. The number of carbonyl (C=O) groups excluding carboxylic acids is 1. The van der Waals surface area contributed by atoms with Gasteiger partial charge in [0.1, 0.15) is 5.16 Å². The summed E-state index contributed by atoms with van der Waals surface area (Å²) in [7, 11) is 0. The summed E-state index contributed by atoms with van der Waals surface area (Å²) >= 11 is 5.85. The quantitative estimate of drug-likeness (QED) is 0.618. The highest BCUT2D eigenvalue weighted by Gasteiger charge is 2.30. The zero-order valence-electron chi connectivity index (χ0n) is 8.16. The van der Waals surface area contributed by atoms with Gasteiger partial charge in [0.15, 0.2) is 5.78 Å². The number of halogens is 1.